The van der Waals surface area contributed by atoms with Crippen molar-refractivity contribution in [1.29, 1.82) is 0 Å². The molecule has 31 heavy (non-hydrogen) atoms. The summed E-state index contributed by atoms with van der Waals surface area (Å²) in [6.07, 6.45) is 1.53. The second-order valence-corrected chi connectivity index (χ2v) is 12.8. The predicted octanol–water partition coefficient (Wildman–Crippen LogP) is 3.64. The quantitative estimate of drug-likeness (QED) is 0.489. The van der Waals surface area contributed by atoms with Crippen LogP contribution in [0.15, 0.2) is 53.4 Å². The van der Waals surface area contributed by atoms with Gasteiger partial charge in [-0.3, -0.25) is 0 Å². The Bertz CT molecular complexity index is 1230. The van der Waals surface area contributed by atoms with Gasteiger partial charge in [0.1, 0.15) is 17.4 Å². The maximum absolute atomic E-state index is 13.3. The lowest BCUT2D eigenvalue weighted by Crippen LogP contribution is -2.30. The molecule has 0 radical (unpaired) electrons. The van der Waals surface area contributed by atoms with Crippen LogP contribution in [0.2, 0.25) is 0 Å². The molecule has 1 atom stereocenters. The highest BCUT2D eigenvalue weighted by Crippen LogP contribution is 2.39. The van der Waals surface area contributed by atoms with Crippen LogP contribution in [0, 0.1) is 0 Å². The Morgan fingerprint density at radius 1 is 1.10 bits per heavy atom. The average molecular weight is 481 g/mol. The molecule has 0 amide bonds. The Morgan fingerprint density at radius 2 is 1.84 bits per heavy atom. The molecular weight excluding hydrogens is 456 g/mol. The molecule has 0 spiro atoms. The van der Waals surface area contributed by atoms with Gasteiger partial charge in [-0.2, -0.15) is 4.31 Å². The number of thiazole rings is 1. The Labute approximate surface area is 186 Å². The van der Waals surface area contributed by atoms with E-state index in [1.54, 1.807) is 19.1 Å². The van der Waals surface area contributed by atoms with E-state index in [2.05, 4.69) is 4.98 Å². The summed E-state index contributed by atoms with van der Waals surface area (Å²) < 4.78 is 57.8. The summed E-state index contributed by atoms with van der Waals surface area (Å²) in [4.78, 5) is 4.86. The lowest BCUT2D eigenvalue weighted by Gasteiger charge is -2.22. The Hall–Kier alpha value is -2.01. The third kappa shape index (κ3) is 4.77. The summed E-state index contributed by atoms with van der Waals surface area (Å²) in [5.41, 5.74) is 0.887. The first-order valence-corrected chi connectivity index (χ1v) is 14.2. The van der Waals surface area contributed by atoms with Gasteiger partial charge in [-0.15, -0.1) is 11.3 Å². The minimum absolute atomic E-state index is 0.0358. The number of ether oxygens (including phenoxy) is 1. The molecule has 10 heteroatoms. The molecule has 1 saturated heterocycles. The van der Waals surface area contributed by atoms with E-state index in [1.807, 2.05) is 24.3 Å². The van der Waals surface area contributed by atoms with E-state index in [1.165, 1.54) is 27.8 Å². The smallest absolute Gasteiger partial charge is 0.243 e. The molecule has 2 aromatic carbocycles. The van der Waals surface area contributed by atoms with Gasteiger partial charge in [0.2, 0.25) is 10.0 Å². The summed E-state index contributed by atoms with van der Waals surface area (Å²) in [7, 11) is -6.80. The standard InChI is InChI=1S/C21H24N2O5S3/c1-2-30(24,25)15-14-28-16-9-11-17(12-10-16)31(26,27)23-13-5-7-19(23)21-22-18-6-3-4-8-20(18)29-21/h3-4,6,8-12,19H,2,5,7,13-15H2,1H3. The van der Waals surface area contributed by atoms with Crippen LogP contribution in [-0.2, 0) is 19.9 Å². The Balaban J connectivity index is 1.50. The van der Waals surface area contributed by atoms with Crippen LogP contribution in [0.1, 0.15) is 30.8 Å². The fourth-order valence-corrected chi connectivity index (χ4v) is 7.05. The molecule has 1 aliphatic rings. The summed E-state index contributed by atoms with van der Waals surface area (Å²) in [6, 6.07) is 13.7. The number of hydrogen-bond donors (Lipinski definition) is 0. The van der Waals surface area contributed by atoms with Crippen molar-refractivity contribution >= 4 is 41.4 Å². The molecule has 3 aromatic rings. The summed E-state index contributed by atoms with van der Waals surface area (Å²) in [5, 5.41) is 0.819. The Kier molecular flexibility index (Phi) is 6.34. The number of sulfonamides is 1. The maximum Gasteiger partial charge on any atom is 0.243 e. The van der Waals surface area contributed by atoms with Crippen molar-refractivity contribution in [3.63, 3.8) is 0 Å². The largest absolute Gasteiger partial charge is 0.493 e. The molecule has 1 fully saturated rings. The van der Waals surface area contributed by atoms with Crippen molar-refractivity contribution < 1.29 is 21.6 Å². The van der Waals surface area contributed by atoms with Crippen LogP contribution in [0.25, 0.3) is 10.2 Å². The fraction of sp³-hybridized carbons (Fsp3) is 0.381. The molecule has 1 aromatic heterocycles. The fourth-order valence-electron chi connectivity index (χ4n) is 3.58. The molecule has 166 valence electrons. The zero-order valence-electron chi connectivity index (χ0n) is 17.1. The van der Waals surface area contributed by atoms with Crippen molar-refractivity contribution in [2.24, 2.45) is 0 Å². The van der Waals surface area contributed by atoms with Gasteiger partial charge in [0.05, 0.1) is 26.9 Å². The number of fused-ring (bicyclic) bond motifs is 1. The molecular formula is C21H24N2O5S3. The van der Waals surface area contributed by atoms with Crippen molar-refractivity contribution in [1.82, 2.24) is 9.29 Å². The normalized spacial score (nSPS) is 17.9. The number of sulfone groups is 1. The lowest BCUT2D eigenvalue weighted by atomic mass is 10.2. The SMILES string of the molecule is CCS(=O)(=O)CCOc1ccc(S(=O)(=O)N2CCCC2c2nc3ccccc3s2)cc1. The number of nitrogens with zero attached hydrogens (tertiary/aromatic N) is 2. The molecule has 0 bridgehead atoms. The average Bonchev–Trinajstić information content (AvgIpc) is 3.41. The number of hydrogen-bond acceptors (Lipinski definition) is 7. The van der Waals surface area contributed by atoms with Crippen LogP contribution < -0.4 is 4.74 Å². The first kappa shape index (κ1) is 22.2. The molecule has 7 nitrogen and oxygen atoms in total. The van der Waals surface area contributed by atoms with Gasteiger partial charge in [-0.1, -0.05) is 19.1 Å². The number of rotatable bonds is 8. The van der Waals surface area contributed by atoms with E-state index in [4.69, 9.17) is 4.74 Å². The van der Waals surface area contributed by atoms with E-state index in [-0.39, 0.29) is 29.0 Å². The second kappa shape index (κ2) is 8.85. The first-order chi connectivity index (χ1) is 14.8. The highest BCUT2D eigenvalue weighted by Gasteiger charge is 2.37. The molecule has 4 rings (SSSR count). The van der Waals surface area contributed by atoms with E-state index < -0.39 is 19.9 Å². The predicted molar refractivity (Wildman–Crippen MR) is 122 cm³/mol. The van der Waals surface area contributed by atoms with E-state index >= 15 is 0 Å². The third-order valence-electron chi connectivity index (χ3n) is 5.33. The maximum atomic E-state index is 13.3. The summed E-state index contributed by atoms with van der Waals surface area (Å²) in [6.45, 7) is 2.08. The van der Waals surface area contributed by atoms with Gasteiger partial charge in [0.15, 0.2) is 9.84 Å². The third-order valence-corrected chi connectivity index (χ3v) is 10.1. The van der Waals surface area contributed by atoms with Gasteiger partial charge in [0, 0.05) is 12.3 Å². The number of aromatic nitrogens is 1. The minimum atomic E-state index is -3.69. The highest BCUT2D eigenvalue weighted by atomic mass is 32.2. The molecule has 0 aliphatic carbocycles. The molecule has 0 saturated carbocycles. The topological polar surface area (TPSA) is 93.6 Å². The van der Waals surface area contributed by atoms with Gasteiger partial charge in [-0.25, -0.2) is 21.8 Å². The zero-order chi connectivity index (χ0) is 22.1. The first-order valence-electron chi connectivity index (χ1n) is 10.1. The summed E-state index contributed by atoms with van der Waals surface area (Å²) >= 11 is 1.54. The van der Waals surface area contributed by atoms with Crippen molar-refractivity contribution in [3.05, 3.63) is 53.5 Å². The van der Waals surface area contributed by atoms with Gasteiger partial charge >= 0.3 is 0 Å². The van der Waals surface area contributed by atoms with E-state index in [0.29, 0.717) is 12.3 Å². The zero-order valence-corrected chi connectivity index (χ0v) is 19.5. The van der Waals surface area contributed by atoms with E-state index in [0.717, 1.165) is 28.1 Å². The van der Waals surface area contributed by atoms with Crippen LogP contribution in [-0.4, -0.2) is 50.8 Å². The molecule has 0 N–H and O–H groups in total. The molecule has 1 unspecified atom stereocenters. The van der Waals surface area contributed by atoms with E-state index in [9.17, 15) is 16.8 Å². The van der Waals surface area contributed by atoms with Crippen molar-refractivity contribution in [2.75, 3.05) is 24.7 Å². The monoisotopic (exact) mass is 480 g/mol. The lowest BCUT2D eigenvalue weighted by molar-refractivity contribution is 0.340. The van der Waals surface area contributed by atoms with Crippen LogP contribution in [0.5, 0.6) is 5.75 Å². The van der Waals surface area contributed by atoms with Crippen molar-refractivity contribution in [2.45, 2.75) is 30.7 Å². The van der Waals surface area contributed by atoms with Gasteiger partial charge in [0.25, 0.3) is 0 Å². The number of para-hydroxylation sites is 1. The van der Waals surface area contributed by atoms with Crippen LogP contribution in [0.4, 0.5) is 0 Å². The van der Waals surface area contributed by atoms with Gasteiger partial charge < -0.3 is 4.74 Å². The summed E-state index contributed by atoms with van der Waals surface area (Å²) in [5.74, 6) is 0.440. The minimum Gasteiger partial charge on any atom is -0.493 e. The van der Waals surface area contributed by atoms with Gasteiger partial charge in [-0.05, 0) is 49.2 Å². The highest BCUT2D eigenvalue weighted by molar-refractivity contribution is 7.91. The molecule has 2 heterocycles. The Morgan fingerprint density at radius 3 is 2.55 bits per heavy atom. The number of benzene rings is 2. The second-order valence-electron chi connectivity index (χ2n) is 7.35. The molecule has 1 aliphatic heterocycles. The van der Waals surface area contributed by atoms with Crippen LogP contribution in [0.3, 0.4) is 0 Å². The van der Waals surface area contributed by atoms with Crippen LogP contribution >= 0.6 is 11.3 Å². The van der Waals surface area contributed by atoms with Crippen molar-refractivity contribution in [3.8, 4) is 5.75 Å².